The zero-order chi connectivity index (χ0) is 21.8. The monoisotopic (exact) mass is 426 g/mol. The summed E-state index contributed by atoms with van der Waals surface area (Å²) in [7, 11) is 0. The number of para-hydroxylation sites is 1. The fourth-order valence-electron chi connectivity index (χ4n) is 3.25. The first kappa shape index (κ1) is 21.6. The summed E-state index contributed by atoms with van der Waals surface area (Å²) in [4.78, 5) is 39.3. The van der Waals surface area contributed by atoms with Crippen molar-refractivity contribution in [3.8, 4) is 0 Å². The topological polar surface area (TPSA) is 75.7 Å². The number of nitrogens with one attached hydrogen (secondary N) is 1. The Balaban J connectivity index is 1.90. The molecule has 2 aromatic rings. The maximum atomic E-state index is 13.1. The lowest BCUT2D eigenvalue weighted by Gasteiger charge is -2.18. The first-order valence-corrected chi connectivity index (χ1v) is 10.1. The number of amides is 2. The van der Waals surface area contributed by atoms with Crippen LogP contribution in [0, 0.1) is 13.8 Å². The second-order valence-electron chi connectivity index (χ2n) is 7.14. The smallest absolute Gasteiger partial charge is 0.340 e. The van der Waals surface area contributed by atoms with Gasteiger partial charge in [-0.1, -0.05) is 43.1 Å². The number of halogens is 1. The van der Waals surface area contributed by atoms with Crippen LogP contribution in [-0.2, 0) is 14.3 Å². The van der Waals surface area contributed by atoms with Crippen LogP contribution < -0.4 is 10.2 Å². The molecule has 1 aliphatic rings. The molecular formula is C23H23ClN2O4. The van der Waals surface area contributed by atoms with Gasteiger partial charge in [0.1, 0.15) is 10.7 Å². The van der Waals surface area contributed by atoms with Crippen molar-refractivity contribution in [2.24, 2.45) is 0 Å². The number of anilines is 2. The second kappa shape index (κ2) is 9.13. The Kier molecular flexibility index (Phi) is 6.57. The van der Waals surface area contributed by atoms with Gasteiger partial charge >= 0.3 is 5.97 Å². The van der Waals surface area contributed by atoms with Gasteiger partial charge in [0, 0.05) is 5.69 Å². The minimum Gasteiger partial charge on any atom is -0.462 e. The fourth-order valence-corrected chi connectivity index (χ4v) is 3.46. The Hall–Kier alpha value is -3.12. The van der Waals surface area contributed by atoms with E-state index in [1.807, 2.05) is 39.0 Å². The van der Waals surface area contributed by atoms with E-state index < -0.39 is 17.8 Å². The summed E-state index contributed by atoms with van der Waals surface area (Å²) in [5.41, 5.74) is 2.90. The Labute approximate surface area is 180 Å². The van der Waals surface area contributed by atoms with E-state index >= 15 is 0 Å². The summed E-state index contributed by atoms with van der Waals surface area (Å²) < 4.78 is 5.26. The van der Waals surface area contributed by atoms with Crippen LogP contribution in [0.2, 0.25) is 0 Å². The highest BCUT2D eigenvalue weighted by Crippen LogP contribution is 2.32. The zero-order valence-electron chi connectivity index (χ0n) is 17.1. The molecule has 0 radical (unpaired) electrons. The van der Waals surface area contributed by atoms with Gasteiger partial charge in [0.2, 0.25) is 0 Å². The van der Waals surface area contributed by atoms with E-state index in [0.717, 1.165) is 28.9 Å². The Bertz CT molecular complexity index is 1020. The molecule has 2 amide bonds. The second-order valence-corrected chi connectivity index (χ2v) is 7.52. The lowest BCUT2D eigenvalue weighted by Crippen LogP contribution is -2.33. The molecule has 0 atom stereocenters. The molecule has 2 aromatic carbocycles. The van der Waals surface area contributed by atoms with Crippen molar-refractivity contribution in [3.63, 3.8) is 0 Å². The molecule has 3 rings (SSSR count). The molecule has 30 heavy (non-hydrogen) atoms. The van der Waals surface area contributed by atoms with Gasteiger partial charge in [-0.3, -0.25) is 9.59 Å². The van der Waals surface area contributed by atoms with Crippen LogP contribution in [-0.4, -0.2) is 24.4 Å². The molecule has 7 heteroatoms. The number of hydrogen-bond acceptors (Lipinski definition) is 5. The van der Waals surface area contributed by atoms with Crippen molar-refractivity contribution in [2.45, 2.75) is 33.6 Å². The van der Waals surface area contributed by atoms with E-state index in [-0.39, 0.29) is 28.6 Å². The van der Waals surface area contributed by atoms with Crippen LogP contribution in [0.25, 0.3) is 0 Å². The van der Waals surface area contributed by atoms with E-state index in [1.165, 1.54) is 12.1 Å². The van der Waals surface area contributed by atoms with E-state index in [1.54, 1.807) is 12.1 Å². The van der Waals surface area contributed by atoms with Gasteiger partial charge in [0.15, 0.2) is 0 Å². The van der Waals surface area contributed by atoms with Crippen LogP contribution in [0.5, 0.6) is 0 Å². The van der Waals surface area contributed by atoms with Crippen LogP contribution in [0.4, 0.5) is 11.4 Å². The number of carbonyl (C=O) groups is 3. The van der Waals surface area contributed by atoms with Gasteiger partial charge in [-0.2, -0.15) is 0 Å². The number of carbonyl (C=O) groups excluding carboxylic acids is 3. The highest BCUT2D eigenvalue weighted by Gasteiger charge is 2.40. The molecule has 0 unspecified atom stereocenters. The van der Waals surface area contributed by atoms with E-state index in [0.29, 0.717) is 5.69 Å². The van der Waals surface area contributed by atoms with Crippen LogP contribution in [0.3, 0.4) is 0 Å². The lowest BCUT2D eigenvalue weighted by atomic mass is 10.1. The molecule has 6 nitrogen and oxygen atoms in total. The summed E-state index contributed by atoms with van der Waals surface area (Å²) in [5, 5.41) is 2.73. The molecule has 0 saturated heterocycles. The van der Waals surface area contributed by atoms with Crippen molar-refractivity contribution in [3.05, 3.63) is 69.9 Å². The molecule has 0 aliphatic carbocycles. The van der Waals surface area contributed by atoms with Crippen molar-refractivity contribution in [2.75, 3.05) is 16.8 Å². The third-order valence-corrected chi connectivity index (χ3v) is 4.96. The number of aryl methyl sites for hydroxylation is 2. The normalized spacial score (nSPS) is 13.8. The van der Waals surface area contributed by atoms with E-state index in [9.17, 15) is 14.4 Å². The van der Waals surface area contributed by atoms with Crippen LogP contribution in [0.15, 0.2) is 53.2 Å². The molecule has 0 saturated carbocycles. The molecule has 0 bridgehead atoms. The highest BCUT2D eigenvalue weighted by molar-refractivity contribution is 6.53. The standard InChI is InChI=1S/C23H23ClN2O4/c1-4-5-10-30-23(29)17-8-6-7-9-18(17)26-21(27)19(24)20(22(26)28)25-16-12-14(2)11-15(3)13-16/h6-9,11-13,25H,4-5,10H2,1-3H3. The largest absolute Gasteiger partial charge is 0.462 e. The summed E-state index contributed by atoms with van der Waals surface area (Å²) in [5.74, 6) is -1.91. The quantitative estimate of drug-likeness (QED) is 0.394. The highest BCUT2D eigenvalue weighted by atomic mass is 35.5. The third-order valence-electron chi connectivity index (χ3n) is 4.61. The van der Waals surface area contributed by atoms with Gasteiger partial charge in [0.05, 0.1) is 17.9 Å². The SMILES string of the molecule is CCCCOC(=O)c1ccccc1N1C(=O)C(Cl)=C(Nc2cc(C)cc(C)c2)C1=O. The molecule has 0 fully saturated rings. The molecule has 156 valence electrons. The Morgan fingerprint density at radius 3 is 2.40 bits per heavy atom. The first-order chi connectivity index (χ1) is 14.3. The lowest BCUT2D eigenvalue weighted by molar-refractivity contribution is -0.120. The van der Waals surface area contributed by atoms with E-state index in [4.69, 9.17) is 16.3 Å². The summed E-state index contributed by atoms with van der Waals surface area (Å²) in [6, 6.07) is 12.0. The molecular weight excluding hydrogens is 404 g/mol. The van der Waals surface area contributed by atoms with Gasteiger partial charge in [0.25, 0.3) is 11.8 Å². The summed E-state index contributed by atoms with van der Waals surface area (Å²) in [6.07, 6.45) is 1.61. The van der Waals surface area contributed by atoms with Gasteiger partial charge < -0.3 is 10.1 Å². The number of unbranched alkanes of at least 4 members (excludes halogenated alkanes) is 1. The average Bonchev–Trinajstić information content (AvgIpc) is 2.90. The molecule has 1 aliphatic heterocycles. The molecule has 1 heterocycles. The van der Waals surface area contributed by atoms with Crippen molar-refractivity contribution in [1.29, 1.82) is 0 Å². The molecule has 1 N–H and O–H groups in total. The van der Waals surface area contributed by atoms with Crippen molar-refractivity contribution >= 4 is 40.8 Å². The van der Waals surface area contributed by atoms with Crippen molar-refractivity contribution < 1.29 is 19.1 Å². The van der Waals surface area contributed by atoms with Crippen molar-refractivity contribution in [1.82, 2.24) is 0 Å². The molecule has 0 spiro atoms. The number of esters is 1. The maximum Gasteiger partial charge on any atom is 0.340 e. The maximum absolute atomic E-state index is 13.1. The Morgan fingerprint density at radius 1 is 1.07 bits per heavy atom. The number of hydrogen-bond donors (Lipinski definition) is 1. The van der Waals surface area contributed by atoms with E-state index in [2.05, 4.69) is 5.32 Å². The first-order valence-electron chi connectivity index (χ1n) is 9.73. The third kappa shape index (κ3) is 4.39. The van der Waals surface area contributed by atoms with Gasteiger partial charge in [-0.05, 0) is 55.7 Å². The predicted octanol–water partition coefficient (Wildman–Crippen LogP) is 4.70. The summed E-state index contributed by atoms with van der Waals surface area (Å²) in [6.45, 7) is 6.12. The fraction of sp³-hybridized carbons (Fsp3) is 0.261. The number of benzene rings is 2. The number of imide groups is 1. The predicted molar refractivity (Wildman–Crippen MR) is 117 cm³/mol. The Morgan fingerprint density at radius 2 is 1.73 bits per heavy atom. The average molecular weight is 427 g/mol. The number of rotatable bonds is 7. The van der Waals surface area contributed by atoms with Gasteiger partial charge in [-0.15, -0.1) is 0 Å². The molecule has 0 aromatic heterocycles. The number of nitrogens with zero attached hydrogens (tertiary/aromatic N) is 1. The zero-order valence-corrected chi connectivity index (χ0v) is 17.9. The minimum absolute atomic E-state index is 0.0270. The van der Waals surface area contributed by atoms with Crippen LogP contribution >= 0.6 is 11.6 Å². The van der Waals surface area contributed by atoms with Gasteiger partial charge in [-0.25, -0.2) is 9.69 Å². The summed E-state index contributed by atoms with van der Waals surface area (Å²) >= 11 is 6.22. The minimum atomic E-state index is -0.692. The number of ether oxygens (including phenoxy) is 1. The van der Waals surface area contributed by atoms with Crippen LogP contribution in [0.1, 0.15) is 41.3 Å².